The summed E-state index contributed by atoms with van der Waals surface area (Å²) in [7, 11) is 0. The van der Waals surface area contributed by atoms with Crippen LogP contribution >= 0.6 is 0 Å². The van der Waals surface area contributed by atoms with Gasteiger partial charge in [0.15, 0.2) is 0 Å². The summed E-state index contributed by atoms with van der Waals surface area (Å²) in [6, 6.07) is 0. The van der Waals surface area contributed by atoms with Gasteiger partial charge in [-0.15, -0.1) is 0 Å². The largest absolute Gasteiger partial charge is 0.299 e. The van der Waals surface area contributed by atoms with Gasteiger partial charge in [0.1, 0.15) is 5.78 Å². The van der Waals surface area contributed by atoms with E-state index in [1.54, 1.807) is 0 Å². The van der Waals surface area contributed by atoms with Crippen molar-refractivity contribution in [1.29, 1.82) is 0 Å². The van der Waals surface area contributed by atoms with Gasteiger partial charge < -0.3 is 0 Å². The highest BCUT2D eigenvalue weighted by molar-refractivity contribution is 5.85. The third kappa shape index (κ3) is 0.561. The Morgan fingerprint density at radius 3 is 2.30 bits per heavy atom. The van der Waals surface area contributed by atoms with Crippen molar-refractivity contribution in [2.45, 2.75) is 33.1 Å². The molecule has 0 aliphatic heterocycles. The third-order valence-electron chi connectivity index (χ3n) is 3.59. The molecule has 2 rings (SSSR count). The van der Waals surface area contributed by atoms with Gasteiger partial charge in [0.25, 0.3) is 0 Å². The molecule has 0 heterocycles. The Hall–Kier alpha value is -0.330. The first kappa shape index (κ1) is 6.38. The third-order valence-corrected chi connectivity index (χ3v) is 3.59. The van der Waals surface area contributed by atoms with Crippen LogP contribution in [0.25, 0.3) is 0 Å². The lowest BCUT2D eigenvalue weighted by molar-refractivity contribution is -0.122. The van der Waals surface area contributed by atoms with Crippen LogP contribution in [0.4, 0.5) is 0 Å². The molecule has 2 fully saturated rings. The summed E-state index contributed by atoms with van der Waals surface area (Å²) < 4.78 is 0. The maximum absolute atomic E-state index is 11.3. The second-order valence-corrected chi connectivity index (χ2v) is 4.32. The molecule has 0 aromatic heterocycles. The van der Waals surface area contributed by atoms with Gasteiger partial charge in [0.2, 0.25) is 0 Å². The topological polar surface area (TPSA) is 17.1 Å². The average Bonchev–Trinajstić information content (AvgIpc) is 2.20. The van der Waals surface area contributed by atoms with Crippen LogP contribution in [-0.2, 0) is 4.79 Å². The zero-order valence-electron chi connectivity index (χ0n) is 6.68. The Bertz CT molecular complexity index is 181. The Labute approximate surface area is 61.8 Å². The molecular formula is C9H14O. The van der Waals surface area contributed by atoms with Gasteiger partial charge in [0.05, 0.1) is 0 Å². The number of ketones is 1. The molecule has 0 aromatic rings. The molecule has 0 saturated heterocycles. The highest BCUT2D eigenvalue weighted by Crippen LogP contribution is 2.55. The van der Waals surface area contributed by atoms with Crippen LogP contribution in [0.5, 0.6) is 0 Å². The van der Waals surface area contributed by atoms with Gasteiger partial charge >= 0.3 is 0 Å². The van der Waals surface area contributed by atoms with Crippen molar-refractivity contribution in [3.8, 4) is 0 Å². The van der Waals surface area contributed by atoms with Crippen LogP contribution in [-0.4, -0.2) is 5.78 Å². The lowest BCUT2D eigenvalue weighted by Gasteiger charge is -2.21. The molecule has 0 radical (unpaired) electrons. The van der Waals surface area contributed by atoms with Crippen molar-refractivity contribution >= 4 is 5.78 Å². The summed E-state index contributed by atoms with van der Waals surface area (Å²) >= 11 is 0. The van der Waals surface area contributed by atoms with Crippen molar-refractivity contribution < 1.29 is 4.79 Å². The highest BCUT2D eigenvalue weighted by atomic mass is 16.1. The van der Waals surface area contributed by atoms with Crippen LogP contribution in [0, 0.1) is 17.3 Å². The lowest BCUT2D eigenvalue weighted by Crippen LogP contribution is -2.19. The summed E-state index contributed by atoms with van der Waals surface area (Å²) in [5.74, 6) is 1.66. The number of Topliss-reactive ketones (excluding diaryl/α,β-unsaturated/α-hetero) is 1. The van der Waals surface area contributed by atoms with Gasteiger partial charge in [-0.1, -0.05) is 13.8 Å². The fourth-order valence-corrected chi connectivity index (χ4v) is 2.72. The molecule has 0 spiro atoms. The van der Waals surface area contributed by atoms with E-state index in [4.69, 9.17) is 0 Å². The van der Waals surface area contributed by atoms with Crippen LogP contribution in [0.1, 0.15) is 33.1 Å². The SMILES string of the molecule is CC1(C)C2CC[C@@H]1C(=O)C2. The molecule has 1 unspecified atom stereocenters. The van der Waals surface area contributed by atoms with Gasteiger partial charge in [-0.3, -0.25) is 4.79 Å². The summed E-state index contributed by atoms with van der Waals surface area (Å²) in [6.07, 6.45) is 3.33. The molecule has 10 heavy (non-hydrogen) atoms. The molecule has 2 aliphatic carbocycles. The second kappa shape index (κ2) is 1.63. The van der Waals surface area contributed by atoms with Crippen LogP contribution < -0.4 is 0 Å². The maximum Gasteiger partial charge on any atom is 0.136 e. The monoisotopic (exact) mass is 138 g/mol. The summed E-state index contributed by atoms with van der Waals surface area (Å²) in [5.41, 5.74) is 0.344. The molecule has 2 bridgehead atoms. The van der Waals surface area contributed by atoms with E-state index in [-0.39, 0.29) is 0 Å². The molecule has 2 aliphatic rings. The highest BCUT2D eigenvalue weighted by Gasteiger charge is 2.52. The van der Waals surface area contributed by atoms with Gasteiger partial charge in [0, 0.05) is 12.3 Å². The molecule has 2 atom stereocenters. The first-order chi connectivity index (χ1) is 4.62. The number of hydrogen-bond donors (Lipinski definition) is 0. The number of fused-ring (bicyclic) bond motifs is 2. The smallest absolute Gasteiger partial charge is 0.136 e. The summed E-state index contributed by atoms with van der Waals surface area (Å²) in [4.78, 5) is 11.3. The minimum Gasteiger partial charge on any atom is -0.299 e. The van der Waals surface area contributed by atoms with Crippen molar-refractivity contribution in [3.05, 3.63) is 0 Å². The van der Waals surface area contributed by atoms with Crippen LogP contribution in [0.3, 0.4) is 0 Å². The normalized spacial score (nSPS) is 42.8. The number of carbonyl (C=O) groups is 1. The van der Waals surface area contributed by atoms with E-state index >= 15 is 0 Å². The van der Waals surface area contributed by atoms with Crippen molar-refractivity contribution in [3.63, 3.8) is 0 Å². The summed E-state index contributed by atoms with van der Waals surface area (Å²) in [6.45, 7) is 4.50. The first-order valence-electron chi connectivity index (χ1n) is 4.15. The Morgan fingerprint density at radius 2 is 2.10 bits per heavy atom. The van der Waals surface area contributed by atoms with Crippen LogP contribution in [0.15, 0.2) is 0 Å². The fourth-order valence-electron chi connectivity index (χ4n) is 2.72. The average molecular weight is 138 g/mol. The van der Waals surface area contributed by atoms with E-state index in [1.165, 1.54) is 6.42 Å². The maximum atomic E-state index is 11.3. The Balaban J connectivity index is 2.35. The standard InChI is InChI=1S/C9H14O/c1-9(2)6-3-4-7(9)8(10)5-6/h6-7H,3-5H2,1-2H3/t6?,7-/m1/s1. The minimum atomic E-state index is 0.344. The molecule has 1 nitrogen and oxygen atoms in total. The fraction of sp³-hybridized carbons (Fsp3) is 0.889. The van der Waals surface area contributed by atoms with Gasteiger partial charge in [-0.05, 0) is 24.2 Å². The van der Waals surface area contributed by atoms with Gasteiger partial charge in [-0.2, -0.15) is 0 Å². The molecular weight excluding hydrogens is 124 g/mol. The number of rotatable bonds is 0. The second-order valence-electron chi connectivity index (χ2n) is 4.32. The van der Waals surface area contributed by atoms with E-state index < -0.39 is 0 Å². The summed E-state index contributed by atoms with van der Waals surface area (Å²) in [5, 5.41) is 0. The Kier molecular flexibility index (Phi) is 1.04. The van der Waals surface area contributed by atoms with Crippen molar-refractivity contribution in [1.82, 2.24) is 0 Å². The van der Waals surface area contributed by atoms with Crippen LogP contribution in [0.2, 0.25) is 0 Å². The van der Waals surface area contributed by atoms with Crippen molar-refractivity contribution in [2.24, 2.45) is 17.3 Å². The van der Waals surface area contributed by atoms with E-state index in [1.807, 2.05) is 0 Å². The number of carbonyl (C=O) groups excluding carboxylic acids is 1. The van der Waals surface area contributed by atoms with E-state index in [9.17, 15) is 4.79 Å². The molecule has 56 valence electrons. The molecule has 2 saturated carbocycles. The van der Waals surface area contributed by atoms with E-state index in [2.05, 4.69) is 13.8 Å². The lowest BCUT2D eigenvalue weighted by atomic mass is 9.82. The molecule has 1 heteroatoms. The molecule has 0 amide bonds. The van der Waals surface area contributed by atoms with E-state index in [0.29, 0.717) is 23.0 Å². The van der Waals surface area contributed by atoms with Crippen molar-refractivity contribution in [2.75, 3.05) is 0 Å². The van der Waals surface area contributed by atoms with E-state index in [0.717, 1.165) is 12.8 Å². The molecule has 0 N–H and O–H groups in total. The quantitative estimate of drug-likeness (QED) is 0.500. The zero-order valence-corrected chi connectivity index (χ0v) is 6.68. The Morgan fingerprint density at radius 1 is 1.40 bits per heavy atom. The first-order valence-corrected chi connectivity index (χ1v) is 4.15. The predicted octanol–water partition coefficient (Wildman–Crippen LogP) is 2.01. The van der Waals surface area contributed by atoms with Gasteiger partial charge in [-0.25, -0.2) is 0 Å². The minimum absolute atomic E-state index is 0.344. The number of hydrogen-bond acceptors (Lipinski definition) is 1. The zero-order chi connectivity index (χ0) is 7.35. The molecule has 0 aromatic carbocycles. The predicted molar refractivity (Wildman–Crippen MR) is 39.6 cm³/mol.